The van der Waals surface area contributed by atoms with Gasteiger partial charge in [-0.25, -0.2) is 17.9 Å². The van der Waals surface area contributed by atoms with Crippen molar-refractivity contribution in [3.8, 4) is 0 Å². The molecule has 118 valence electrons. The van der Waals surface area contributed by atoms with Crippen molar-refractivity contribution < 1.29 is 22.5 Å². The number of hydrogen-bond acceptors (Lipinski definition) is 4. The molecule has 2 atom stereocenters. The molecule has 0 bridgehead atoms. The van der Waals surface area contributed by atoms with Crippen molar-refractivity contribution in [2.24, 2.45) is 0 Å². The second-order valence-electron chi connectivity index (χ2n) is 4.44. The van der Waals surface area contributed by atoms with Gasteiger partial charge in [-0.15, -0.1) is 0 Å². The minimum Gasteiger partial charge on any atom is -0.478 e. The second kappa shape index (κ2) is 7.48. The molecule has 0 aliphatic heterocycles. The van der Waals surface area contributed by atoms with E-state index in [1.54, 1.807) is 13.2 Å². The number of nitrogens with one attached hydrogen (secondary N) is 1. The number of sulfonamides is 1. The summed E-state index contributed by atoms with van der Waals surface area (Å²) in [5.41, 5.74) is -0.124. The molecule has 0 aliphatic carbocycles. The lowest BCUT2D eigenvalue weighted by Crippen LogP contribution is -2.27. The van der Waals surface area contributed by atoms with E-state index in [2.05, 4.69) is 20.7 Å². The molecular formula is C12H16BrNO5S2. The summed E-state index contributed by atoms with van der Waals surface area (Å²) in [6, 6.07) is 3.79. The Balaban J connectivity index is 2.86. The van der Waals surface area contributed by atoms with E-state index >= 15 is 0 Å². The maximum Gasteiger partial charge on any atom is 0.336 e. The molecule has 0 aromatic heterocycles. The molecule has 21 heavy (non-hydrogen) atoms. The Hall–Kier alpha value is -0.770. The number of benzene rings is 1. The van der Waals surface area contributed by atoms with Crippen LogP contribution in [-0.2, 0) is 20.8 Å². The first-order valence-electron chi connectivity index (χ1n) is 6.00. The molecule has 2 unspecified atom stereocenters. The lowest BCUT2D eigenvalue weighted by atomic mass is 10.2. The van der Waals surface area contributed by atoms with Gasteiger partial charge in [-0.1, -0.05) is 6.92 Å². The molecule has 0 saturated heterocycles. The van der Waals surface area contributed by atoms with Crippen molar-refractivity contribution in [3.63, 3.8) is 0 Å². The zero-order chi connectivity index (χ0) is 16.2. The van der Waals surface area contributed by atoms with Gasteiger partial charge in [0, 0.05) is 33.3 Å². The van der Waals surface area contributed by atoms with Crippen LogP contribution in [0.1, 0.15) is 23.7 Å². The van der Waals surface area contributed by atoms with E-state index in [0.29, 0.717) is 10.9 Å². The molecule has 0 saturated carbocycles. The summed E-state index contributed by atoms with van der Waals surface area (Å²) < 4.78 is 38.0. The van der Waals surface area contributed by atoms with E-state index in [0.717, 1.165) is 6.07 Å². The molecule has 9 heteroatoms. The number of aromatic carboxylic acids is 1. The summed E-state index contributed by atoms with van der Waals surface area (Å²) >= 11 is 3.06. The molecule has 0 fully saturated rings. The Morgan fingerprint density at radius 1 is 1.48 bits per heavy atom. The quantitative estimate of drug-likeness (QED) is 0.727. The van der Waals surface area contributed by atoms with Crippen LogP contribution in [0.3, 0.4) is 0 Å². The molecule has 0 aliphatic rings. The standard InChI is InChI=1S/C12H16BrNO5S2/c1-8(20(2)17)5-6-14-21(18,19)9-3-4-11(13)10(7-9)12(15)16/h3-4,7-8,14H,5-6H2,1-2H3,(H,15,16). The van der Waals surface area contributed by atoms with Crippen LogP contribution in [0.2, 0.25) is 0 Å². The third kappa shape index (κ3) is 5.17. The first-order chi connectivity index (χ1) is 9.65. The van der Waals surface area contributed by atoms with Crippen LogP contribution in [-0.4, -0.2) is 41.8 Å². The van der Waals surface area contributed by atoms with Gasteiger partial charge in [0.05, 0.1) is 10.5 Å². The van der Waals surface area contributed by atoms with Gasteiger partial charge in [0.2, 0.25) is 10.0 Å². The minimum atomic E-state index is -3.79. The first kappa shape index (κ1) is 18.3. The molecule has 0 heterocycles. The highest BCUT2D eigenvalue weighted by molar-refractivity contribution is 9.10. The maximum atomic E-state index is 12.1. The normalized spacial score (nSPS) is 14.6. The van der Waals surface area contributed by atoms with Crippen LogP contribution in [0.25, 0.3) is 0 Å². The highest BCUT2D eigenvalue weighted by Crippen LogP contribution is 2.21. The Morgan fingerprint density at radius 3 is 2.62 bits per heavy atom. The first-order valence-corrected chi connectivity index (χ1v) is 9.89. The fourth-order valence-electron chi connectivity index (χ4n) is 1.48. The molecule has 1 aromatic carbocycles. The molecule has 1 aromatic rings. The summed E-state index contributed by atoms with van der Waals surface area (Å²) in [5.74, 6) is -1.21. The smallest absolute Gasteiger partial charge is 0.336 e. The van der Waals surface area contributed by atoms with Crippen molar-refractivity contribution in [1.82, 2.24) is 4.72 Å². The van der Waals surface area contributed by atoms with Gasteiger partial charge >= 0.3 is 5.97 Å². The maximum absolute atomic E-state index is 12.1. The summed E-state index contributed by atoms with van der Waals surface area (Å²) in [4.78, 5) is 10.9. The van der Waals surface area contributed by atoms with Gasteiger partial charge < -0.3 is 5.11 Å². The average Bonchev–Trinajstić information content (AvgIpc) is 2.38. The molecule has 0 amide bonds. The van der Waals surface area contributed by atoms with Crippen molar-refractivity contribution >= 4 is 42.7 Å². The van der Waals surface area contributed by atoms with Crippen LogP contribution in [0.5, 0.6) is 0 Å². The molecule has 6 nitrogen and oxygen atoms in total. The Labute approximate surface area is 134 Å². The molecule has 2 N–H and O–H groups in total. The van der Waals surface area contributed by atoms with E-state index in [-0.39, 0.29) is 22.3 Å². The zero-order valence-electron chi connectivity index (χ0n) is 11.5. The molecule has 1 rings (SSSR count). The van der Waals surface area contributed by atoms with Crippen LogP contribution < -0.4 is 4.72 Å². The third-order valence-electron chi connectivity index (χ3n) is 2.89. The molecule has 0 spiro atoms. The van der Waals surface area contributed by atoms with Gasteiger partial charge in [-0.05, 0) is 40.5 Å². The van der Waals surface area contributed by atoms with Gasteiger partial charge in [0.1, 0.15) is 0 Å². The Morgan fingerprint density at radius 2 is 2.10 bits per heavy atom. The van der Waals surface area contributed by atoms with E-state index < -0.39 is 26.8 Å². The SMILES string of the molecule is CC(CCNS(=O)(=O)c1ccc(Br)c(C(=O)O)c1)S(C)=O. The topological polar surface area (TPSA) is 101 Å². The van der Waals surface area contributed by atoms with Crippen LogP contribution in [0.4, 0.5) is 0 Å². The predicted molar refractivity (Wildman–Crippen MR) is 84.4 cm³/mol. The summed E-state index contributed by atoms with van der Waals surface area (Å²) in [6.45, 7) is 1.91. The fraction of sp³-hybridized carbons (Fsp3) is 0.417. The number of hydrogen-bond donors (Lipinski definition) is 2. The number of carbonyl (C=O) groups is 1. The van der Waals surface area contributed by atoms with Crippen molar-refractivity contribution in [2.75, 3.05) is 12.8 Å². The lowest BCUT2D eigenvalue weighted by molar-refractivity contribution is 0.0695. The van der Waals surface area contributed by atoms with E-state index in [1.165, 1.54) is 12.1 Å². The lowest BCUT2D eigenvalue weighted by Gasteiger charge is -2.10. The van der Waals surface area contributed by atoms with Gasteiger partial charge in [0.15, 0.2) is 0 Å². The highest BCUT2D eigenvalue weighted by atomic mass is 79.9. The van der Waals surface area contributed by atoms with Gasteiger partial charge in [-0.3, -0.25) is 4.21 Å². The number of carboxylic acids is 1. The zero-order valence-corrected chi connectivity index (χ0v) is 14.7. The van der Waals surface area contributed by atoms with Gasteiger partial charge in [-0.2, -0.15) is 0 Å². The fourth-order valence-corrected chi connectivity index (χ4v) is 3.42. The second-order valence-corrected chi connectivity index (χ2v) is 8.87. The minimum absolute atomic E-state index is 0.117. The summed E-state index contributed by atoms with van der Waals surface area (Å²) in [5, 5.41) is 8.87. The monoisotopic (exact) mass is 397 g/mol. The van der Waals surface area contributed by atoms with Crippen molar-refractivity contribution in [2.45, 2.75) is 23.5 Å². The number of rotatable bonds is 7. The Kier molecular flexibility index (Phi) is 6.51. The summed E-state index contributed by atoms with van der Waals surface area (Å²) in [7, 11) is -4.80. The highest BCUT2D eigenvalue weighted by Gasteiger charge is 2.18. The van der Waals surface area contributed by atoms with Crippen LogP contribution >= 0.6 is 15.9 Å². The van der Waals surface area contributed by atoms with E-state index in [1.807, 2.05) is 0 Å². The van der Waals surface area contributed by atoms with Crippen LogP contribution in [0.15, 0.2) is 27.6 Å². The van der Waals surface area contributed by atoms with E-state index in [9.17, 15) is 17.4 Å². The summed E-state index contributed by atoms with van der Waals surface area (Å²) in [6.07, 6.45) is 2.00. The Bertz CT molecular complexity index is 660. The number of carboxylic acid groups (broad SMARTS) is 1. The largest absolute Gasteiger partial charge is 0.478 e. The molecule has 0 radical (unpaired) electrons. The average molecular weight is 398 g/mol. The van der Waals surface area contributed by atoms with Crippen LogP contribution in [0, 0.1) is 0 Å². The van der Waals surface area contributed by atoms with Gasteiger partial charge in [0.25, 0.3) is 0 Å². The van der Waals surface area contributed by atoms with Crippen molar-refractivity contribution in [3.05, 3.63) is 28.2 Å². The third-order valence-corrected chi connectivity index (χ3v) is 6.41. The predicted octanol–water partition coefficient (Wildman–Crippen LogP) is 1.58. The molecular weight excluding hydrogens is 382 g/mol. The van der Waals surface area contributed by atoms with E-state index in [4.69, 9.17) is 5.11 Å². The van der Waals surface area contributed by atoms with Crippen molar-refractivity contribution in [1.29, 1.82) is 0 Å². The number of halogens is 1.